The van der Waals surface area contributed by atoms with Gasteiger partial charge in [-0.05, 0) is 29.3 Å². The topological polar surface area (TPSA) is 54.0 Å². The van der Waals surface area contributed by atoms with Crippen LogP contribution < -0.4 is 10.6 Å². The summed E-state index contributed by atoms with van der Waals surface area (Å²) in [5.41, 5.74) is 2.16. The number of aromatic nitrogens is 1. The number of aryl methyl sites for hydroxylation is 1. The molecule has 6 heteroatoms. The van der Waals surface area contributed by atoms with Gasteiger partial charge in [0.2, 0.25) is 0 Å². The molecule has 1 atom stereocenters. The van der Waals surface area contributed by atoms with E-state index in [4.69, 9.17) is 0 Å². The summed E-state index contributed by atoms with van der Waals surface area (Å²) in [5.74, 6) is 0.241. The normalized spacial score (nSPS) is 12.1. The van der Waals surface area contributed by atoms with Crippen molar-refractivity contribution in [3.05, 3.63) is 38.5 Å². The molecule has 0 spiro atoms. The van der Waals surface area contributed by atoms with Crippen LogP contribution in [0.2, 0.25) is 0 Å². The van der Waals surface area contributed by atoms with Crippen LogP contribution in [-0.2, 0) is 6.54 Å². The minimum Gasteiger partial charge on any atom is -0.337 e. The fraction of sp³-hybridized carbons (Fsp3) is 0.385. The maximum absolute atomic E-state index is 11.6. The van der Waals surface area contributed by atoms with Gasteiger partial charge in [0, 0.05) is 30.1 Å². The smallest absolute Gasteiger partial charge is 0.315 e. The number of amides is 2. The average Bonchev–Trinajstić information content (AvgIpc) is 3.04. The molecule has 19 heavy (non-hydrogen) atoms. The van der Waals surface area contributed by atoms with Crippen LogP contribution in [0.4, 0.5) is 4.79 Å². The van der Waals surface area contributed by atoms with Crippen LogP contribution in [0.15, 0.2) is 22.2 Å². The van der Waals surface area contributed by atoms with E-state index in [1.54, 1.807) is 22.7 Å². The number of carbonyl (C=O) groups is 1. The number of nitrogens with zero attached hydrogens (tertiary/aromatic N) is 1. The zero-order chi connectivity index (χ0) is 13.7. The summed E-state index contributed by atoms with van der Waals surface area (Å²) in [7, 11) is 0. The molecule has 102 valence electrons. The van der Waals surface area contributed by atoms with E-state index >= 15 is 0 Å². The first kappa shape index (κ1) is 14.0. The molecule has 0 aliphatic rings. The third-order valence-corrected chi connectivity index (χ3v) is 4.59. The summed E-state index contributed by atoms with van der Waals surface area (Å²) in [4.78, 5) is 16.1. The minimum atomic E-state index is -0.133. The highest BCUT2D eigenvalue weighted by molar-refractivity contribution is 7.09. The van der Waals surface area contributed by atoms with E-state index < -0.39 is 0 Å². The number of thiazole rings is 1. The van der Waals surface area contributed by atoms with Crippen molar-refractivity contribution in [3.63, 3.8) is 0 Å². The zero-order valence-corrected chi connectivity index (χ0v) is 12.6. The van der Waals surface area contributed by atoms with Crippen LogP contribution in [0.5, 0.6) is 0 Å². The minimum absolute atomic E-state index is 0.133. The van der Waals surface area contributed by atoms with Crippen molar-refractivity contribution in [2.75, 3.05) is 6.54 Å². The number of nitrogens with one attached hydrogen (secondary N) is 2. The Morgan fingerprint density at radius 1 is 1.42 bits per heavy atom. The quantitative estimate of drug-likeness (QED) is 0.890. The molecule has 0 bridgehead atoms. The Hall–Kier alpha value is -1.40. The Bertz CT molecular complexity index is 522. The van der Waals surface area contributed by atoms with Crippen molar-refractivity contribution in [2.24, 2.45) is 0 Å². The highest BCUT2D eigenvalue weighted by atomic mass is 32.1. The molecule has 0 saturated heterocycles. The molecule has 0 aliphatic heterocycles. The average molecular weight is 295 g/mol. The lowest BCUT2D eigenvalue weighted by atomic mass is 10.2. The molecule has 2 amide bonds. The molecule has 0 unspecified atom stereocenters. The van der Waals surface area contributed by atoms with Crippen LogP contribution in [0.25, 0.3) is 0 Å². The van der Waals surface area contributed by atoms with Gasteiger partial charge in [-0.15, -0.1) is 11.3 Å². The molecule has 2 N–H and O–H groups in total. The number of thiophene rings is 1. The Kier molecular flexibility index (Phi) is 4.93. The Balaban J connectivity index is 1.71. The second-order valence-electron chi connectivity index (χ2n) is 4.42. The standard InChI is InChI=1S/C13H17N3OS2/c1-9(12-16-10(2)7-19-12)5-14-13(17)15-6-11-3-4-18-8-11/h3-4,7-9H,5-6H2,1-2H3,(H2,14,15,17)/t9-/m1/s1. The summed E-state index contributed by atoms with van der Waals surface area (Å²) in [6.07, 6.45) is 0. The van der Waals surface area contributed by atoms with E-state index in [9.17, 15) is 4.79 Å². The number of hydrogen-bond acceptors (Lipinski definition) is 4. The van der Waals surface area contributed by atoms with Crippen molar-refractivity contribution >= 4 is 28.7 Å². The summed E-state index contributed by atoms with van der Waals surface area (Å²) in [6.45, 7) is 5.22. The first-order chi connectivity index (χ1) is 9.15. The van der Waals surface area contributed by atoms with Gasteiger partial charge in [-0.25, -0.2) is 9.78 Å². The zero-order valence-electron chi connectivity index (χ0n) is 11.0. The third kappa shape index (κ3) is 4.33. The molecular formula is C13H17N3OS2. The molecule has 2 aromatic heterocycles. The fourth-order valence-corrected chi connectivity index (χ4v) is 3.09. The molecule has 0 aromatic carbocycles. The van der Waals surface area contributed by atoms with Gasteiger partial charge in [0.05, 0.1) is 5.01 Å². The number of rotatable bonds is 5. The molecule has 2 rings (SSSR count). The van der Waals surface area contributed by atoms with E-state index in [1.807, 2.05) is 29.1 Å². The van der Waals surface area contributed by atoms with E-state index in [0.717, 1.165) is 16.3 Å². The number of hydrogen-bond donors (Lipinski definition) is 2. The lowest BCUT2D eigenvalue weighted by molar-refractivity contribution is 0.240. The lowest BCUT2D eigenvalue weighted by Crippen LogP contribution is -2.36. The van der Waals surface area contributed by atoms with Gasteiger partial charge < -0.3 is 10.6 Å². The summed E-state index contributed by atoms with van der Waals surface area (Å²) < 4.78 is 0. The lowest BCUT2D eigenvalue weighted by Gasteiger charge is -2.10. The Labute approximate surface area is 120 Å². The summed E-state index contributed by atoms with van der Waals surface area (Å²) in [5, 5.41) is 12.8. The van der Waals surface area contributed by atoms with E-state index in [1.165, 1.54) is 0 Å². The van der Waals surface area contributed by atoms with Crippen LogP contribution in [0.3, 0.4) is 0 Å². The van der Waals surface area contributed by atoms with Crippen molar-refractivity contribution in [3.8, 4) is 0 Å². The van der Waals surface area contributed by atoms with Gasteiger partial charge in [0.15, 0.2) is 0 Å². The Morgan fingerprint density at radius 2 is 2.26 bits per heavy atom. The number of urea groups is 1. The van der Waals surface area contributed by atoms with Crippen molar-refractivity contribution in [1.29, 1.82) is 0 Å². The van der Waals surface area contributed by atoms with Gasteiger partial charge in [-0.1, -0.05) is 6.92 Å². The molecule has 4 nitrogen and oxygen atoms in total. The van der Waals surface area contributed by atoms with Crippen molar-refractivity contribution in [2.45, 2.75) is 26.3 Å². The highest BCUT2D eigenvalue weighted by Crippen LogP contribution is 2.18. The molecule has 2 aromatic rings. The van der Waals surface area contributed by atoms with E-state index in [-0.39, 0.29) is 11.9 Å². The molecule has 0 fully saturated rings. The monoisotopic (exact) mass is 295 g/mol. The van der Waals surface area contributed by atoms with E-state index in [0.29, 0.717) is 13.1 Å². The van der Waals surface area contributed by atoms with Crippen LogP contribution in [-0.4, -0.2) is 17.6 Å². The maximum Gasteiger partial charge on any atom is 0.315 e. The molecular weight excluding hydrogens is 278 g/mol. The van der Waals surface area contributed by atoms with Crippen molar-refractivity contribution < 1.29 is 4.79 Å². The summed E-state index contributed by atoms with van der Waals surface area (Å²) in [6, 6.07) is 1.87. The van der Waals surface area contributed by atoms with Crippen LogP contribution in [0, 0.1) is 6.92 Å². The highest BCUT2D eigenvalue weighted by Gasteiger charge is 2.10. The molecule has 0 aliphatic carbocycles. The second-order valence-corrected chi connectivity index (χ2v) is 6.09. The first-order valence-electron chi connectivity index (χ1n) is 6.10. The van der Waals surface area contributed by atoms with E-state index in [2.05, 4.69) is 22.5 Å². The largest absolute Gasteiger partial charge is 0.337 e. The predicted molar refractivity (Wildman–Crippen MR) is 79.8 cm³/mol. The molecule has 0 saturated carbocycles. The first-order valence-corrected chi connectivity index (χ1v) is 7.92. The summed E-state index contributed by atoms with van der Waals surface area (Å²) >= 11 is 3.27. The third-order valence-electron chi connectivity index (χ3n) is 2.66. The second kappa shape index (κ2) is 6.68. The molecule has 2 heterocycles. The van der Waals surface area contributed by atoms with Gasteiger partial charge in [0.25, 0.3) is 0 Å². The van der Waals surface area contributed by atoms with Crippen LogP contribution >= 0.6 is 22.7 Å². The Morgan fingerprint density at radius 3 is 2.89 bits per heavy atom. The maximum atomic E-state index is 11.6. The van der Waals surface area contributed by atoms with Gasteiger partial charge in [-0.3, -0.25) is 0 Å². The fourth-order valence-electron chi connectivity index (χ4n) is 1.57. The van der Waals surface area contributed by atoms with Gasteiger partial charge >= 0.3 is 6.03 Å². The van der Waals surface area contributed by atoms with Crippen molar-refractivity contribution in [1.82, 2.24) is 15.6 Å². The predicted octanol–water partition coefficient (Wildman–Crippen LogP) is 3.12. The van der Waals surface area contributed by atoms with Gasteiger partial charge in [-0.2, -0.15) is 11.3 Å². The number of carbonyl (C=O) groups excluding carboxylic acids is 1. The molecule has 0 radical (unpaired) electrons. The van der Waals surface area contributed by atoms with Gasteiger partial charge in [0.1, 0.15) is 0 Å². The SMILES string of the molecule is Cc1csc([C@H](C)CNC(=O)NCc2ccsc2)n1. The van der Waals surface area contributed by atoms with Crippen LogP contribution in [0.1, 0.15) is 29.1 Å².